The molecule has 0 saturated carbocycles. The van der Waals surface area contributed by atoms with Gasteiger partial charge >= 0.3 is 5.97 Å². The second kappa shape index (κ2) is 8.89. The monoisotopic (exact) mass is 363 g/mol. The van der Waals surface area contributed by atoms with Crippen LogP contribution in [0.25, 0.3) is 0 Å². The molecule has 0 aliphatic heterocycles. The fraction of sp³-hybridized carbons (Fsp3) is 0.235. The number of carboxylic acids is 1. The summed E-state index contributed by atoms with van der Waals surface area (Å²) in [7, 11) is 0. The zero-order valence-electron chi connectivity index (χ0n) is 13.4. The van der Waals surface area contributed by atoms with Crippen LogP contribution in [-0.2, 0) is 22.4 Å². The normalized spacial score (nSPS) is 11.6. The highest BCUT2D eigenvalue weighted by Crippen LogP contribution is 2.25. The average Bonchev–Trinajstić information content (AvgIpc) is 3.06. The van der Waals surface area contributed by atoms with E-state index in [4.69, 9.17) is 16.3 Å². The first kappa shape index (κ1) is 18.5. The van der Waals surface area contributed by atoms with Gasteiger partial charge in [0.2, 0.25) is 5.91 Å². The highest BCUT2D eigenvalue weighted by molar-refractivity contribution is 6.32. The van der Waals surface area contributed by atoms with Crippen LogP contribution in [-0.4, -0.2) is 39.6 Å². The molecule has 8 heteroatoms. The van der Waals surface area contributed by atoms with Gasteiger partial charge < -0.3 is 20.1 Å². The lowest BCUT2D eigenvalue weighted by atomic mass is 10.1. The quantitative estimate of drug-likeness (QED) is 0.591. The van der Waals surface area contributed by atoms with Crippen molar-refractivity contribution in [3.63, 3.8) is 0 Å². The van der Waals surface area contributed by atoms with Crippen LogP contribution in [0.15, 0.2) is 43.4 Å². The zero-order chi connectivity index (χ0) is 18.2. The summed E-state index contributed by atoms with van der Waals surface area (Å²) in [6.45, 7) is 3.88. The van der Waals surface area contributed by atoms with Gasteiger partial charge in [-0.25, -0.2) is 9.78 Å². The Bertz CT molecular complexity index is 746. The Balaban J connectivity index is 1.97. The van der Waals surface area contributed by atoms with Crippen molar-refractivity contribution in [3.05, 3.63) is 59.7 Å². The number of aromatic amines is 1. The Labute approximate surface area is 149 Å². The molecule has 0 spiro atoms. The molecule has 1 atom stereocenters. The van der Waals surface area contributed by atoms with E-state index in [0.29, 0.717) is 28.6 Å². The number of ether oxygens (including phenoxy) is 1. The number of nitrogens with zero attached hydrogens (tertiary/aromatic N) is 1. The van der Waals surface area contributed by atoms with E-state index in [1.165, 1.54) is 12.5 Å². The van der Waals surface area contributed by atoms with Crippen LogP contribution in [0.2, 0.25) is 5.02 Å². The van der Waals surface area contributed by atoms with Gasteiger partial charge in [-0.2, -0.15) is 0 Å². The molecule has 3 N–H and O–H groups in total. The topological polar surface area (TPSA) is 104 Å². The summed E-state index contributed by atoms with van der Waals surface area (Å²) >= 11 is 6.10. The van der Waals surface area contributed by atoms with Crippen molar-refractivity contribution < 1.29 is 19.4 Å². The molecule has 1 amide bonds. The number of carbonyl (C=O) groups is 2. The van der Waals surface area contributed by atoms with E-state index < -0.39 is 17.9 Å². The van der Waals surface area contributed by atoms with E-state index in [9.17, 15) is 14.7 Å². The molecular weight excluding hydrogens is 346 g/mol. The molecule has 2 aromatic rings. The maximum atomic E-state index is 12.1. The van der Waals surface area contributed by atoms with Crippen LogP contribution < -0.4 is 10.1 Å². The van der Waals surface area contributed by atoms with Gasteiger partial charge in [-0.15, -0.1) is 0 Å². The summed E-state index contributed by atoms with van der Waals surface area (Å²) in [4.78, 5) is 30.1. The van der Waals surface area contributed by atoms with Crippen molar-refractivity contribution in [2.75, 3.05) is 6.61 Å². The molecule has 0 bridgehead atoms. The van der Waals surface area contributed by atoms with Crippen molar-refractivity contribution in [2.24, 2.45) is 0 Å². The van der Waals surface area contributed by atoms with E-state index in [2.05, 4.69) is 21.9 Å². The lowest BCUT2D eigenvalue weighted by Crippen LogP contribution is -2.43. The number of hydrogen-bond donors (Lipinski definition) is 3. The van der Waals surface area contributed by atoms with Crippen LogP contribution in [0.4, 0.5) is 0 Å². The number of H-pyrrole nitrogens is 1. The SMILES string of the molecule is C=CCOc1ccc(CC(=O)N[C@@H](Cc2cnc[nH]2)C(=O)O)cc1Cl. The number of carbonyl (C=O) groups excluding carboxylic acids is 1. The Morgan fingerprint density at radius 3 is 2.88 bits per heavy atom. The maximum Gasteiger partial charge on any atom is 0.326 e. The van der Waals surface area contributed by atoms with E-state index in [1.807, 2.05) is 0 Å². The Morgan fingerprint density at radius 1 is 1.48 bits per heavy atom. The van der Waals surface area contributed by atoms with Gasteiger partial charge in [0.15, 0.2) is 0 Å². The number of nitrogens with one attached hydrogen (secondary N) is 2. The zero-order valence-corrected chi connectivity index (χ0v) is 14.1. The van der Waals surface area contributed by atoms with Crippen molar-refractivity contribution in [3.8, 4) is 5.75 Å². The third-order valence-corrected chi connectivity index (χ3v) is 3.63. The highest BCUT2D eigenvalue weighted by atomic mass is 35.5. The molecule has 25 heavy (non-hydrogen) atoms. The Morgan fingerprint density at radius 2 is 2.28 bits per heavy atom. The fourth-order valence-corrected chi connectivity index (χ4v) is 2.42. The first-order valence-corrected chi connectivity index (χ1v) is 7.89. The first-order valence-electron chi connectivity index (χ1n) is 7.51. The molecule has 2 rings (SSSR count). The van der Waals surface area contributed by atoms with E-state index in [-0.39, 0.29) is 12.8 Å². The smallest absolute Gasteiger partial charge is 0.326 e. The van der Waals surface area contributed by atoms with Crippen LogP contribution in [0.3, 0.4) is 0 Å². The number of aromatic nitrogens is 2. The van der Waals surface area contributed by atoms with E-state index >= 15 is 0 Å². The second-order valence-electron chi connectivity index (χ2n) is 5.28. The Hall–Kier alpha value is -2.80. The number of benzene rings is 1. The van der Waals surface area contributed by atoms with Crippen LogP contribution in [0.5, 0.6) is 5.75 Å². The molecule has 0 aliphatic carbocycles. The highest BCUT2D eigenvalue weighted by Gasteiger charge is 2.21. The lowest BCUT2D eigenvalue weighted by Gasteiger charge is -2.14. The van der Waals surface area contributed by atoms with Crippen LogP contribution in [0, 0.1) is 0 Å². The Kier molecular flexibility index (Phi) is 6.59. The largest absolute Gasteiger partial charge is 0.488 e. The van der Waals surface area contributed by atoms with Gasteiger partial charge in [0.05, 0.1) is 17.8 Å². The molecule has 132 valence electrons. The minimum absolute atomic E-state index is 0.00815. The number of carboxylic acid groups (broad SMARTS) is 1. The van der Waals surface area contributed by atoms with Crippen molar-refractivity contribution in [1.82, 2.24) is 15.3 Å². The van der Waals surface area contributed by atoms with Gasteiger partial charge in [0.25, 0.3) is 0 Å². The minimum atomic E-state index is -1.12. The summed E-state index contributed by atoms with van der Waals surface area (Å²) in [5.41, 5.74) is 1.28. The molecule has 0 saturated heterocycles. The number of rotatable bonds is 9. The number of aliphatic carboxylic acids is 1. The summed E-state index contributed by atoms with van der Waals surface area (Å²) in [6, 6.07) is 3.94. The molecule has 0 aliphatic rings. The van der Waals surface area contributed by atoms with Gasteiger partial charge in [-0.05, 0) is 17.7 Å². The fourth-order valence-electron chi connectivity index (χ4n) is 2.17. The second-order valence-corrected chi connectivity index (χ2v) is 5.69. The van der Waals surface area contributed by atoms with E-state index in [1.54, 1.807) is 24.3 Å². The predicted octanol–water partition coefficient (Wildman–Crippen LogP) is 1.98. The van der Waals surface area contributed by atoms with Gasteiger partial charge in [0, 0.05) is 18.3 Å². The van der Waals surface area contributed by atoms with Gasteiger partial charge in [0.1, 0.15) is 18.4 Å². The van der Waals surface area contributed by atoms with E-state index in [0.717, 1.165) is 0 Å². The summed E-state index contributed by atoms with van der Waals surface area (Å²) in [5, 5.41) is 12.1. The number of hydrogen-bond acceptors (Lipinski definition) is 4. The van der Waals surface area contributed by atoms with Crippen LogP contribution >= 0.6 is 11.6 Å². The van der Waals surface area contributed by atoms with Crippen molar-refractivity contribution >= 4 is 23.5 Å². The number of amides is 1. The van der Waals surface area contributed by atoms with Crippen LogP contribution in [0.1, 0.15) is 11.3 Å². The number of halogens is 1. The maximum absolute atomic E-state index is 12.1. The summed E-state index contributed by atoms with van der Waals surface area (Å²) < 4.78 is 5.36. The molecule has 1 heterocycles. The molecule has 7 nitrogen and oxygen atoms in total. The molecule has 0 fully saturated rings. The standard InChI is InChI=1S/C17H18ClN3O4/c1-2-5-25-15-4-3-11(6-13(15)18)7-16(22)21-14(17(23)24)8-12-9-19-10-20-12/h2-4,6,9-10,14H,1,5,7-8H2,(H,19,20)(H,21,22)(H,23,24)/t14-/m0/s1. The molecule has 0 unspecified atom stereocenters. The van der Waals surface area contributed by atoms with Crippen molar-refractivity contribution in [2.45, 2.75) is 18.9 Å². The summed E-state index contributed by atoms with van der Waals surface area (Å²) in [6.07, 6.45) is 4.70. The average molecular weight is 364 g/mol. The first-order chi connectivity index (χ1) is 12.0. The third kappa shape index (κ3) is 5.65. The van der Waals surface area contributed by atoms with Gasteiger partial charge in [-0.1, -0.05) is 30.3 Å². The third-order valence-electron chi connectivity index (χ3n) is 3.33. The molecule has 1 aromatic carbocycles. The lowest BCUT2D eigenvalue weighted by molar-refractivity contribution is -0.141. The minimum Gasteiger partial charge on any atom is -0.488 e. The summed E-state index contributed by atoms with van der Waals surface area (Å²) in [5.74, 6) is -1.04. The predicted molar refractivity (Wildman–Crippen MR) is 92.7 cm³/mol. The molecular formula is C17H18ClN3O4. The van der Waals surface area contributed by atoms with Crippen molar-refractivity contribution in [1.29, 1.82) is 0 Å². The number of imidazole rings is 1. The van der Waals surface area contributed by atoms with Gasteiger partial charge in [-0.3, -0.25) is 4.79 Å². The molecule has 0 radical (unpaired) electrons. The molecule has 1 aromatic heterocycles.